The number of aryl methyl sites for hydroxylation is 2. The molecule has 3 heteroatoms. The molecule has 0 saturated heterocycles. The van der Waals surface area contributed by atoms with Crippen molar-refractivity contribution >= 4 is 11.7 Å². The van der Waals surface area contributed by atoms with Crippen molar-refractivity contribution in [3.05, 3.63) is 34.9 Å². The van der Waals surface area contributed by atoms with Gasteiger partial charge in [-0.2, -0.15) is 0 Å². The van der Waals surface area contributed by atoms with Crippen molar-refractivity contribution in [2.75, 3.05) is 0 Å². The molecule has 1 aliphatic heterocycles. The summed E-state index contributed by atoms with van der Waals surface area (Å²) >= 11 is 0. The average molecular weight is 328 g/mol. The lowest BCUT2D eigenvalue weighted by molar-refractivity contribution is 0.686. The first-order valence-corrected chi connectivity index (χ1v) is 9.65. The second-order valence-electron chi connectivity index (χ2n) is 6.86. The number of benzene rings is 1. The van der Waals surface area contributed by atoms with E-state index in [1.807, 2.05) is 6.92 Å². The SMILES string of the molecule is CCCCCc1ccc(C2=NC(C)=NC(C)N2)c(CCCCC)c1. The highest BCUT2D eigenvalue weighted by Gasteiger charge is 2.16. The van der Waals surface area contributed by atoms with Crippen LogP contribution in [0, 0.1) is 0 Å². The van der Waals surface area contributed by atoms with Crippen molar-refractivity contribution in [1.29, 1.82) is 0 Å². The number of hydrogen-bond donors (Lipinski definition) is 1. The number of unbranched alkanes of at least 4 members (excludes halogenated alkanes) is 4. The van der Waals surface area contributed by atoms with Crippen LogP contribution in [0.15, 0.2) is 28.2 Å². The van der Waals surface area contributed by atoms with Gasteiger partial charge in [0.25, 0.3) is 0 Å². The Balaban J connectivity index is 2.23. The predicted molar refractivity (Wildman–Crippen MR) is 105 cm³/mol. The van der Waals surface area contributed by atoms with Crippen molar-refractivity contribution < 1.29 is 0 Å². The Labute approximate surface area is 147 Å². The van der Waals surface area contributed by atoms with Gasteiger partial charge >= 0.3 is 0 Å². The summed E-state index contributed by atoms with van der Waals surface area (Å²) in [5, 5.41) is 3.43. The first-order chi connectivity index (χ1) is 11.6. The monoisotopic (exact) mass is 327 g/mol. The van der Waals surface area contributed by atoms with E-state index in [4.69, 9.17) is 0 Å². The molecule has 0 radical (unpaired) electrons. The topological polar surface area (TPSA) is 36.8 Å². The molecule has 1 unspecified atom stereocenters. The molecule has 0 aromatic heterocycles. The lowest BCUT2D eigenvalue weighted by atomic mass is 9.95. The maximum absolute atomic E-state index is 4.65. The zero-order valence-corrected chi connectivity index (χ0v) is 15.9. The van der Waals surface area contributed by atoms with Crippen LogP contribution in [-0.4, -0.2) is 17.8 Å². The lowest BCUT2D eigenvalue weighted by Crippen LogP contribution is -2.36. The molecule has 2 rings (SSSR count). The van der Waals surface area contributed by atoms with Gasteiger partial charge in [-0.05, 0) is 50.7 Å². The van der Waals surface area contributed by atoms with Crippen molar-refractivity contribution in [2.24, 2.45) is 9.98 Å². The minimum atomic E-state index is 0.102. The number of rotatable bonds is 9. The Bertz CT molecular complexity index is 587. The highest BCUT2D eigenvalue weighted by Crippen LogP contribution is 2.19. The van der Waals surface area contributed by atoms with Crippen LogP contribution in [0.5, 0.6) is 0 Å². The maximum Gasteiger partial charge on any atom is 0.137 e. The summed E-state index contributed by atoms with van der Waals surface area (Å²) in [6.45, 7) is 8.58. The van der Waals surface area contributed by atoms with Crippen molar-refractivity contribution in [1.82, 2.24) is 5.32 Å². The van der Waals surface area contributed by atoms with Crippen LogP contribution in [0.1, 0.15) is 82.9 Å². The molecule has 1 aliphatic rings. The summed E-state index contributed by atoms with van der Waals surface area (Å²) in [7, 11) is 0. The number of hydrogen-bond acceptors (Lipinski definition) is 3. The molecule has 1 aromatic carbocycles. The van der Waals surface area contributed by atoms with Gasteiger partial charge in [0.05, 0.1) is 0 Å². The fourth-order valence-electron chi connectivity index (χ4n) is 3.26. The third kappa shape index (κ3) is 5.47. The van der Waals surface area contributed by atoms with E-state index < -0.39 is 0 Å². The quantitative estimate of drug-likeness (QED) is 0.617. The zero-order chi connectivity index (χ0) is 17.4. The standard InChI is InChI=1S/C21H33N3/c1-5-7-9-11-18-13-14-20(19(15-18)12-10-8-6-2)21-23-16(3)22-17(4)24-21/h13-16H,5-12H2,1-4H3,(H,22,23,24). The molecule has 0 spiro atoms. The Morgan fingerprint density at radius 3 is 2.38 bits per heavy atom. The fraction of sp³-hybridized carbons (Fsp3) is 0.619. The highest BCUT2D eigenvalue weighted by molar-refractivity contribution is 6.08. The summed E-state index contributed by atoms with van der Waals surface area (Å²) in [4.78, 5) is 9.10. The smallest absolute Gasteiger partial charge is 0.137 e. The van der Waals surface area contributed by atoms with E-state index >= 15 is 0 Å². The third-order valence-electron chi connectivity index (χ3n) is 4.54. The van der Waals surface area contributed by atoms with Gasteiger partial charge in [-0.1, -0.05) is 57.7 Å². The van der Waals surface area contributed by atoms with E-state index in [2.05, 4.69) is 54.3 Å². The predicted octanol–water partition coefficient (Wildman–Crippen LogP) is 5.27. The van der Waals surface area contributed by atoms with E-state index in [0.717, 1.165) is 18.1 Å². The molecule has 0 saturated carbocycles. The summed E-state index contributed by atoms with van der Waals surface area (Å²) in [6.07, 6.45) is 10.1. The van der Waals surface area contributed by atoms with Crippen LogP contribution < -0.4 is 5.32 Å². The Morgan fingerprint density at radius 1 is 1.00 bits per heavy atom. The summed E-state index contributed by atoms with van der Waals surface area (Å²) in [5.74, 6) is 1.85. The van der Waals surface area contributed by atoms with E-state index in [0.29, 0.717) is 0 Å². The molecule has 0 fully saturated rings. The van der Waals surface area contributed by atoms with E-state index in [9.17, 15) is 0 Å². The van der Waals surface area contributed by atoms with Crippen LogP contribution >= 0.6 is 0 Å². The highest BCUT2D eigenvalue weighted by atomic mass is 15.2. The van der Waals surface area contributed by atoms with Gasteiger partial charge < -0.3 is 5.32 Å². The van der Waals surface area contributed by atoms with Crippen LogP contribution in [-0.2, 0) is 12.8 Å². The second kappa shape index (κ2) is 9.61. The largest absolute Gasteiger partial charge is 0.348 e. The summed E-state index contributed by atoms with van der Waals surface area (Å²) in [6, 6.07) is 6.96. The molecule has 1 N–H and O–H groups in total. The third-order valence-corrected chi connectivity index (χ3v) is 4.54. The molecule has 132 valence electrons. The lowest BCUT2D eigenvalue weighted by Gasteiger charge is -2.21. The first-order valence-electron chi connectivity index (χ1n) is 9.65. The van der Waals surface area contributed by atoms with Gasteiger partial charge in [-0.3, -0.25) is 0 Å². The number of aliphatic imine (C=N–C) groups is 2. The minimum absolute atomic E-state index is 0.102. The Hall–Kier alpha value is -1.64. The molecule has 1 aromatic rings. The minimum Gasteiger partial charge on any atom is -0.348 e. The van der Waals surface area contributed by atoms with Crippen molar-refractivity contribution in [2.45, 2.75) is 85.2 Å². The van der Waals surface area contributed by atoms with E-state index in [1.165, 1.54) is 61.6 Å². The van der Waals surface area contributed by atoms with Crippen molar-refractivity contribution in [3.8, 4) is 0 Å². The molecular weight excluding hydrogens is 294 g/mol. The van der Waals surface area contributed by atoms with Crippen LogP contribution in [0.3, 0.4) is 0 Å². The van der Waals surface area contributed by atoms with Crippen LogP contribution in [0.4, 0.5) is 0 Å². The zero-order valence-electron chi connectivity index (χ0n) is 15.9. The normalized spacial score (nSPS) is 17.2. The molecule has 0 bridgehead atoms. The van der Waals surface area contributed by atoms with Gasteiger partial charge in [-0.15, -0.1) is 0 Å². The molecule has 1 atom stereocenters. The van der Waals surface area contributed by atoms with Crippen LogP contribution in [0.25, 0.3) is 0 Å². The molecule has 3 nitrogen and oxygen atoms in total. The van der Waals surface area contributed by atoms with Gasteiger partial charge in [0.2, 0.25) is 0 Å². The van der Waals surface area contributed by atoms with Gasteiger partial charge in [-0.25, -0.2) is 9.98 Å². The Kier molecular flexibility index (Phi) is 7.48. The molecule has 0 aliphatic carbocycles. The fourth-order valence-corrected chi connectivity index (χ4v) is 3.26. The van der Waals surface area contributed by atoms with Gasteiger partial charge in [0.15, 0.2) is 0 Å². The molecule has 1 heterocycles. The summed E-state index contributed by atoms with van der Waals surface area (Å²) in [5.41, 5.74) is 4.16. The molecular formula is C21H33N3. The number of nitrogens with zero attached hydrogens (tertiary/aromatic N) is 2. The summed E-state index contributed by atoms with van der Waals surface area (Å²) < 4.78 is 0. The molecule has 0 amide bonds. The number of amidine groups is 2. The average Bonchev–Trinajstić information content (AvgIpc) is 2.55. The first kappa shape index (κ1) is 18.7. The number of nitrogens with one attached hydrogen (secondary N) is 1. The van der Waals surface area contributed by atoms with Crippen LogP contribution in [0.2, 0.25) is 0 Å². The van der Waals surface area contributed by atoms with Crippen molar-refractivity contribution in [3.63, 3.8) is 0 Å². The maximum atomic E-state index is 4.65. The van der Waals surface area contributed by atoms with Gasteiger partial charge in [0.1, 0.15) is 17.8 Å². The van der Waals surface area contributed by atoms with E-state index in [1.54, 1.807) is 0 Å². The van der Waals surface area contributed by atoms with E-state index in [-0.39, 0.29) is 6.17 Å². The molecule has 24 heavy (non-hydrogen) atoms. The Morgan fingerprint density at radius 2 is 1.71 bits per heavy atom. The second-order valence-corrected chi connectivity index (χ2v) is 6.86. The van der Waals surface area contributed by atoms with Gasteiger partial charge in [0, 0.05) is 5.56 Å².